The topological polar surface area (TPSA) is 81.9 Å². The molecule has 2 rings (SSSR count). The van der Waals surface area contributed by atoms with Crippen LogP contribution in [0.3, 0.4) is 0 Å². The first-order valence-corrected chi connectivity index (χ1v) is 6.27. The molecule has 1 aliphatic carbocycles. The van der Waals surface area contributed by atoms with Gasteiger partial charge in [-0.25, -0.2) is 0 Å². The maximum absolute atomic E-state index is 11.7. The number of likely N-dealkylation sites (N-methyl/N-ethyl adjacent to an activating group) is 1. The molecule has 0 aromatic carbocycles. The van der Waals surface area contributed by atoms with Gasteiger partial charge in [-0.15, -0.1) is 5.10 Å². The standard InChI is InChI=1S/C13H17N5O/c1-8-9(2)16-17-13(11(8)6-14)18(3)7-12(19)15-10-4-5-10/h10H,4-5,7H2,1-3H3,(H,15,19). The summed E-state index contributed by atoms with van der Waals surface area (Å²) in [5.41, 5.74) is 2.02. The van der Waals surface area contributed by atoms with Gasteiger partial charge in [-0.05, 0) is 32.3 Å². The number of hydrogen-bond donors (Lipinski definition) is 1. The number of hydrogen-bond acceptors (Lipinski definition) is 5. The Balaban J connectivity index is 2.14. The summed E-state index contributed by atoms with van der Waals surface area (Å²) in [5, 5.41) is 20.2. The molecule has 0 atom stereocenters. The van der Waals surface area contributed by atoms with Gasteiger partial charge in [0.25, 0.3) is 0 Å². The van der Waals surface area contributed by atoms with Crippen molar-refractivity contribution in [2.45, 2.75) is 32.7 Å². The third kappa shape index (κ3) is 2.99. The number of nitrogens with one attached hydrogen (secondary N) is 1. The van der Waals surface area contributed by atoms with Crippen LogP contribution in [-0.2, 0) is 4.79 Å². The predicted octanol–water partition coefficient (Wildman–Crippen LogP) is 0.680. The monoisotopic (exact) mass is 259 g/mol. The Bertz CT molecular complexity index is 545. The van der Waals surface area contributed by atoms with E-state index in [4.69, 9.17) is 0 Å². The Kier molecular flexibility index (Phi) is 3.65. The molecule has 0 unspecified atom stereocenters. The van der Waals surface area contributed by atoms with Crippen molar-refractivity contribution in [3.8, 4) is 6.07 Å². The van der Waals surface area contributed by atoms with Crippen LogP contribution in [0.25, 0.3) is 0 Å². The number of amides is 1. The van der Waals surface area contributed by atoms with Gasteiger partial charge in [-0.2, -0.15) is 10.4 Å². The molecule has 6 nitrogen and oxygen atoms in total. The number of aryl methyl sites for hydroxylation is 1. The fourth-order valence-corrected chi connectivity index (χ4v) is 1.79. The fourth-order valence-electron chi connectivity index (χ4n) is 1.79. The Morgan fingerprint density at radius 2 is 2.16 bits per heavy atom. The Hall–Kier alpha value is -2.16. The van der Waals surface area contributed by atoms with Crippen molar-refractivity contribution in [1.29, 1.82) is 5.26 Å². The van der Waals surface area contributed by atoms with Crippen LogP contribution in [0.5, 0.6) is 0 Å². The molecule has 1 aliphatic rings. The van der Waals surface area contributed by atoms with Crippen molar-refractivity contribution in [2.24, 2.45) is 0 Å². The number of anilines is 1. The van der Waals surface area contributed by atoms with Crippen molar-refractivity contribution in [3.05, 3.63) is 16.8 Å². The second-order valence-corrected chi connectivity index (χ2v) is 4.92. The van der Waals surface area contributed by atoms with Crippen LogP contribution >= 0.6 is 0 Å². The van der Waals surface area contributed by atoms with Gasteiger partial charge in [0.1, 0.15) is 11.6 Å². The maximum Gasteiger partial charge on any atom is 0.239 e. The summed E-state index contributed by atoms with van der Waals surface area (Å²) in [7, 11) is 1.74. The van der Waals surface area contributed by atoms with Crippen LogP contribution in [0.15, 0.2) is 0 Å². The van der Waals surface area contributed by atoms with Crippen LogP contribution in [0, 0.1) is 25.2 Å². The predicted molar refractivity (Wildman–Crippen MR) is 70.7 cm³/mol. The highest BCUT2D eigenvalue weighted by Crippen LogP contribution is 2.21. The molecule has 100 valence electrons. The second-order valence-electron chi connectivity index (χ2n) is 4.92. The smallest absolute Gasteiger partial charge is 0.239 e. The lowest BCUT2D eigenvalue weighted by Gasteiger charge is -2.19. The Morgan fingerprint density at radius 1 is 1.47 bits per heavy atom. The number of aromatic nitrogens is 2. The van der Waals surface area contributed by atoms with Crippen LogP contribution in [0.4, 0.5) is 5.82 Å². The highest BCUT2D eigenvalue weighted by molar-refractivity contribution is 5.82. The van der Waals surface area contributed by atoms with Gasteiger partial charge in [-0.3, -0.25) is 4.79 Å². The van der Waals surface area contributed by atoms with Gasteiger partial charge in [0.15, 0.2) is 5.82 Å². The molecule has 19 heavy (non-hydrogen) atoms. The molecule has 1 aromatic rings. The van der Waals surface area contributed by atoms with Crippen molar-refractivity contribution >= 4 is 11.7 Å². The average molecular weight is 259 g/mol. The van der Waals surface area contributed by atoms with E-state index in [0.29, 0.717) is 17.4 Å². The maximum atomic E-state index is 11.7. The number of carbonyl (C=O) groups is 1. The quantitative estimate of drug-likeness (QED) is 0.859. The second kappa shape index (κ2) is 5.22. The minimum atomic E-state index is -0.0473. The van der Waals surface area contributed by atoms with Crippen molar-refractivity contribution < 1.29 is 4.79 Å². The zero-order chi connectivity index (χ0) is 14.0. The van der Waals surface area contributed by atoms with E-state index in [0.717, 1.165) is 24.1 Å². The van der Waals surface area contributed by atoms with Crippen molar-refractivity contribution in [3.63, 3.8) is 0 Å². The van der Waals surface area contributed by atoms with E-state index in [1.807, 2.05) is 13.8 Å². The molecular weight excluding hydrogens is 242 g/mol. The number of rotatable bonds is 4. The van der Waals surface area contributed by atoms with Gasteiger partial charge >= 0.3 is 0 Å². The summed E-state index contributed by atoms with van der Waals surface area (Å²) in [6.45, 7) is 3.83. The van der Waals surface area contributed by atoms with Crippen LogP contribution in [0.1, 0.15) is 29.7 Å². The number of carbonyl (C=O) groups excluding carboxylic acids is 1. The minimum absolute atomic E-state index is 0.0473. The first-order chi connectivity index (χ1) is 9.02. The summed E-state index contributed by atoms with van der Waals surface area (Å²) < 4.78 is 0. The van der Waals surface area contributed by atoms with Crippen LogP contribution in [-0.4, -0.2) is 35.7 Å². The molecular formula is C13H17N5O. The van der Waals surface area contributed by atoms with Gasteiger partial charge in [0, 0.05) is 13.1 Å². The van der Waals surface area contributed by atoms with Crippen molar-refractivity contribution in [2.75, 3.05) is 18.5 Å². The van der Waals surface area contributed by atoms with Crippen molar-refractivity contribution in [1.82, 2.24) is 15.5 Å². The van der Waals surface area contributed by atoms with Gasteiger partial charge in [0.2, 0.25) is 5.91 Å². The van der Waals surface area contributed by atoms with E-state index in [2.05, 4.69) is 21.6 Å². The first kappa shape index (κ1) is 13.3. The molecule has 1 amide bonds. The largest absolute Gasteiger partial charge is 0.352 e. The molecule has 0 bridgehead atoms. The number of nitriles is 1. The summed E-state index contributed by atoms with van der Waals surface area (Å²) in [6, 6.07) is 2.47. The molecule has 0 aliphatic heterocycles. The summed E-state index contributed by atoms with van der Waals surface area (Å²) >= 11 is 0. The molecule has 1 heterocycles. The highest BCUT2D eigenvalue weighted by atomic mass is 16.2. The lowest BCUT2D eigenvalue weighted by atomic mass is 10.1. The Labute approximate surface area is 112 Å². The van der Waals surface area contributed by atoms with E-state index in [-0.39, 0.29) is 12.5 Å². The van der Waals surface area contributed by atoms with Crippen LogP contribution in [0.2, 0.25) is 0 Å². The summed E-state index contributed by atoms with van der Waals surface area (Å²) in [4.78, 5) is 13.4. The lowest BCUT2D eigenvalue weighted by Crippen LogP contribution is -2.37. The van der Waals surface area contributed by atoms with E-state index in [1.165, 1.54) is 0 Å². The minimum Gasteiger partial charge on any atom is -0.352 e. The highest BCUT2D eigenvalue weighted by Gasteiger charge is 2.24. The van der Waals surface area contributed by atoms with E-state index in [9.17, 15) is 10.1 Å². The molecule has 0 saturated heterocycles. The van der Waals surface area contributed by atoms with E-state index in [1.54, 1.807) is 11.9 Å². The molecule has 6 heteroatoms. The van der Waals surface area contributed by atoms with E-state index >= 15 is 0 Å². The third-order valence-electron chi connectivity index (χ3n) is 3.23. The zero-order valence-electron chi connectivity index (χ0n) is 11.4. The molecule has 1 fully saturated rings. The van der Waals surface area contributed by atoms with Gasteiger partial charge in [0.05, 0.1) is 12.2 Å². The lowest BCUT2D eigenvalue weighted by molar-refractivity contribution is -0.119. The Morgan fingerprint density at radius 3 is 2.74 bits per heavy atom. The van der Waals surface area contributed by atoms with Gasteiger partial charge in [-0.1, -0.05) is 0 Å². The molecule has 1 saturated carbocycles. The summed E-state index contributed by atoms with van der Waals surface area (Å²) in [6.07, 6.45) is 2.12. The van der Waals surface area contributed by atoms with Crippen LogP contribution < -0.4 is 10.2 Å². The molecule has 1 N–H and O–H groups in total. The molecule has 1 aromatic heterocycles. The zero-order valence-corrected chi connectivity index (χ0v) is 11.4. The molecule has 0 radical (unpaired) electrons. The number of nitrogens with zero attached hydrogens (tertiary/aromatic N) is 4. The molecule has 0 spiro atoms. The SMILES string of the molecule is Cc1nnc(N(C)CC(=O)NC2CC2)c(C#N)c1C. The third-order valence-corrected chi connectivity index (χ3v) is 3.23. The van der Waals surface area contributed by atoms with Gasteiger partial charge < -0.3 is 10.2 Å². The fraction of sp³-hybridized carbons (Fsp3) is 0.538. The first-order valence-electron chi connectivity index (χ1n) is 6.27. The normalized spacial score (nSPS) is 13.8. The van der Waals surface area contributed by atoms with E-state index < -0.39 is 0 Å². The average Bonchev–Trinajstić information content (AvgIpc) is 3.15. The summed E-state index contributed by atoms with van der Waals surface area (Å²) in [5.74, 6) is 0.408.